The molecule has 28 heavy (non-hydrogen) atoms. The Morgan fingerprint density at radius 2 is 1.75 bits per heavy atom. The van der Waals surface area contributed by atoms with Gasteiger partial charge >= 0.3 is 6.18 Å². The molecule has 0 spiro atoms. The molecular formula is C20H23F4N2OS+. The molecule has 0 aromatic heterocycles. The molecule has 1 fully saturated rings. The molecule has 1 aliphatic rings. The van der Waals surface area contributed by atoms with Crippen LogP contribution in [0.4, 0.5) is 23.2 Å². The molecule has 0 unspecified atom stereocenters. The molecule has 0 amide bonds. The van der Waals surface area contributed by atoms with Crippen LogP contribution in [-0.4, -0.2) is 49.7 Å². The third-order valence-corrected chi connectivity index (χ3v) is 5.95. The first-order chi connectivity index (χ1) is 13.3. The Hall–Kier alpha value is -1.77. The minimum atomic E-state index is -4.34. The van der Waals surface area contributed by atoms with Gasteiger partial charge in [0.25, 0.3) is 0 Å². The molecular weight excluding hydrogens is 392 g/mol. The van der Waals surface area contributed by atoms with Crippen LogP contribution in [0.1, 0.15) is 5.56 Å². The summed E-state index contributed by atoms with van der Waals surface area (Å²) >= 11 is 1.48. The van der Waals surface area contributed by atoms with Gasteiger partial charge in [0.1, 0.15) is 18.5 Å². The van der Waals surface area contributed by atoms with Crippen molar-refractivity contribution in [2.24, 2.45) is 0 Å². The third kappa shape index (κ3) is 5.86. The predicted molar refractivity (Wildman–Crippen MR) is 102 cm³/mol. The molecule has 0 saturated carbocycles. The molecule has 2 aromatic rings. The van der Waals surface area contributed by atoms with Crippen molar-refractivity contribution < 1.29 is 27.6 Å². The van der Waals surface area contributed by atoms with Crippen LogP contribution in [0, 0.1) is 5.82 Å². The van der Waals surface area contributed by atoms with Crippen molar-refractivity contribution in [2.75, 3.05) is 43.4 Å². The van der Waals surface area contributed by atoms with Gasteiger partial charge in [0, 0.05) is 16.3 Å². The summed E-state index contributed by atoms with van der Waals surface area (Å²) in [6.45, 7) is 3.40. The molecule has 0 radical (unpaired) electrons. The van der Waals surface area contributed by atoms with E-state index in [1.54, 1.807) is 18.2 Å². The third-order valence-electron chi connectivity index (χ3n) is 4.79. The lowest BCUT2D eigenvalue weighted by Gasteiger charge is -2.34. The Bertz CT molecular complexity index is 762. The molecule has 2 aromatic carbocycles. The van der Waals surface area contributed by atoms with Crippen LogP contribution >= 0.6 is 11.8 Å². The number of alkyl halides is 3. The molecule has 1 atom stereocenters. The summed E-state index contributed by atoms with van der Waals surface area (Å²) in [5, 5.41) is 10.3. The Kier molecular flexibility index (Phi) is 6.85. The standard InChI is InChI=1S/C20H22F4N2OS/c21-16-4-6-19(7-5-16)28-14-18(27)13-25-8-10-26(11-9-25)17-3-1-2-15(12-17)20(22,23)24/h1-7,12,18,27H,8-11,13-14H2/p+1/t18-/m0/s1. The van der Waals surface area contributed by atoms with Crippen molar-refractivity contribution >= 4 is 17.4 Å². The molecule has 0 bridgehead atoms. The van der Waals surface area contributed by atoms with E-state index < -0.39 is 17.8 Å². The van der Waals surface area contributed by atoms with E-state index in [0.29, 0.717) is 31.1 Å². The molecule has 1 saturated heterocycles. The van der Waals surface area contributed by atoms with Crippen molar-refractivity contribution in [3.63, 3.8) is 0 Å². The summed E-state index contributed by atoms with van der Waals surface area (Å²) in [5.41, 5.74) is -0.0469. The van der Waals surface area contributed by atoms with Gasteiger partial charge in [-0.15, -0.1) is 11.8 Å². The number of piperazine rings is 1. The Balaban J connectivity index is 1.45. The first-order valence-corrected chi connectivity index (χ1v) is 10.1. The van der Waals surface area contributed by atoms with Crippen molar-refractivity contribution in [3.8, 4) is 0 Å². The number of thioether (sulfide) groups is 1. The zero-order valence-corrected chi connectivity index (χ0v) is 16.1. The molecule has 152 valence electrons. The molecule has 2 N–H and O–H groups in total. The number of quaternary nitrogens is 1. The summed E-state index contributed by atoms with van der Waals surface area (Å²) < 4.78 is 51.6. The van der Waals surface area contributed by atoms with Crippen LogP contribution in [0.25, 0.3) is 0 Å². The molecule has 8 heteroatoms. The number of hydrogen-bond acceptors (Lipinski definition) is 3. The van der Waals surface area contributed by atoms with Gasteiger partial charge < -0.3 is 14.9 Å². The van der Waals surface area contributed by atoms with E-state index in [2.05, 4.69) is 0 Å². The van der Waals surface area contributed by atoms with E-state index in [1.165, 1.54) is 40.9 Å². The zero-order chi connectivity index (χ0) is 20.1. The fourth-order valence-electron chi connectivity index (χ4n) is 3.28. The fraction of sp³-hybridized carbons (Fsp3) is 0.400. The fourth-order valence-corrected chi connectivity index (χ4v) is 4.11. The molecule has 3 rings (SSSR count). The van der Waals surface area contributed by atoms with E-state index >= 15 is 0 Å². The Labute approximate surface area is 166 Å². The second-order valence-electron chi connectivity index (χ2n) is 6.91. The van der Waals surface area contributed by atoms with Gasteiger partial charge in [0.15, 0.2) is 0 Å². The van der Waals surface area contributed by atoms with Crippen LogP contribution in [0.5, 0.6) is 0 Å². The highest BCUT2D eigenvalue weighted by Crippen LogP contribution is 2.31. The summed E-state index contributed by atoms with van der Waals surface area (Å²) in [4.78, 5) is 4.10. The van der Waals surface area contributed by atoms with Gasteiger partial charge in [-0.3, -0.25) is 0 Å². The minimum Gasteiger partial charge on any atom is -0.386 e. The maximum absolute atomic E-state index is 12.9. The molecule has 0 aliphatic carbocycles. The van der Waals surface area contributed by atoms with E-state index in [0.717, 1.165) is 24.1 Å². The smallest absolute Gasteiger partial charge is 0.386 e. The van der Waals surface area contributed by atoms with E-state index in [-0.39, 0.29) is 5.82 Å². The average Bonchev–Trinajstić information content (AvgIpc) is 2.68. The average molecular weight is 415 g/mol. The number of aliphatic hydroxyl groups is 1. The second kappa shape index (κ2) is 9.15. The maximum Gasteiger partial charge on any atom is 0.416 e. The lowest BCUT2D eigenvalue weighted by Crippen LogP contribution is -3.16. The summed E-state index contributed by atoms with van der Waals surface area (Å²) in [6.07, 6.45) is -4.83. The Morgan fingerprint density at radius 3 is 2.39 bits per heavy atom. The first kappa shape index (κ1) is 21.0. The van der Waals surface area contributed by atoms with Crippen molar-refractivity contribution in [2.45, 2.75) is 17.2 Å². The SMILES string of the molecule is O[C@H](CSc1ccc(F)cc1)C[NH+]1CCN(c2cccc(C(F)(F)F)c2)CC1. The topological polar surface area (TPSA) is 27.9 Å². The summed E-state index contributed by atoms with van der Waals surface area (Å²) in [7, 11) is 0. The van der Waals surface area contributed by atoms with Crippen molar-refractivity contribution in [3.05, 3.63) is 59.9 Å². The van der Waals surface area contributed by atoms with Gasteiger partial charge in [0.05, 0.1) is 31.7 Å². The van der Waals surface area contributed by atoms with Crippen molar-refractivity contribution in [1.82, 2.24) is 0 Å². The lowest BCUT2D eigenvalue weighted by molar-refractivity contribution is -0.903. The number of aliphatic hydroxyl groups excluding tert-OH is 1. The van der Waals surface area contributed by atoms with Gasteiger partial charge in [-0.05, 0) is 42.5 Å². The monoisotopic (exact) mass is 415 g/mol. The summed E-state index contributed by atoms with van der Waals surface area (Å²) in [5.74, 6) is 0.236. The van der Waals surface area contributed by atoms with Crippen LogP contribution in [0.2, 0.25) is 0 Å². The second-order valence-corrected chi connectivity index (χ2v) is 8.00. The molecule has 3 nitrogen and oxygen atoms in total. The largest absolute Gasteiger partial charge is 0.416 e. The highest BCUT2D eigenvalue weighted by atomic mass is 32.2. The highest BCUT2D eigenvalue weighted by molar-refractivity contribution is 7.99. The van der Waals surface area contributed by atoms with Gasteiger partial charge in [0.2, 0.25) is 0 Å². The highest BCUT2D eigenvalue weighted by Gasteiger charge is 2.31. The number of nitrogens with one attached hydrogen (secondary N) is 1. The number of benzene rings is 2. The quantitative estimate of drug-likeness (QED) is 0.561. The first-order valence-electron chi connectivity index (χ1n) is 9.13. The molecule has 1 heterocycles. The van der Waals surface area contributed by atoms with E-state index in [4.69, 9.17) is 0 Å². The van der Waals surface area contributed by atoms with Gasteiger partial charge in [-0.1, -0.05) is 6.07 Å². The van der Waals surface area contributed by atoms with Crippen LogP contribution in [0.15, 0.2) is 53.4 Å². The number of halogens is 4. The van der Waals surface area contributed by atoms with E-state index in [1.807, 2.05) is 4.90 Å². The van der Waals surface area contributed by atoms with Gasteiger partial charge in [-0.2, -0.15) is 13.2 Å². The van der Waals surface area contributed by atoms with Crippen LogP contribution in [-0.2, 0) is 6.18 Å². The zero-order valence-electron chi connectivity index (χ0n) is 15.3. The van der Waals surface area contributed by atoms with Crippen LogP contribution < -0.4 is 9.80 Å². The number of rotatable bonds is 6. The predicted octanol–water partition coefficient (Wildman–Crippen LogP) is 2.70. The number of anilines is 1. The minimum absolute atomic E-state index is 0.284. The number of hydrogen-bond donors (Lipinski definition) is 2. The molecule has 1 aliphatic heterocycles. The number of nitrogens with zero attached hydrogens (tertiary/aromatic N) is 1. The Morgan fingerprint density at radius 1 is 1.07 bits per heavy atom. The van der Waals surface area contributed by atoms with Crippen LogP contribution in [0.3, 0.4) is 0 Å². The van der Waals surface area contributed by atoms with Gasteiger partial charge in [-0.25, -0.2) is 4.39 Å². The summed E-state index contributed by atoms with van der Waals surface area (Å²) in [6, 6.07) is 11.6. The van der Waals surface area contributed by atoms with Crippen molar-refractivity contribution in [1.29, 1.82) is 0 Å². The van der Waals surface area contributed by atoms with E-state index in [9.17, 15) is 22.7 Å². The normalized spacial score (nSPS) is 17.0. The maximum atomic E-state index is 12.9. The lowest BCUT2D eigenvalue weighted by atomic mass is 10.1.